The van der Waals surface area contributed by atoms with E-state index in [1.165, 1.54) is 5.56 Å². The minimum atomic E-state index is -0.535. The normalized spacial score (nSPS) is 14.3. The van der Waals surface area contributed by atoms with Gasteiger partial charge in [0.15, 0.2) is 0 Å². The molecule has 3 rings (SSSR count). The topological polar surface area (TPSA) is 62.3 Å². The van der Waals surface area contributed by atoms with Crippen LogP contribution in [0.4, 0.5) is 5.69 Å². The summed E-state index contributed by atoms with van der Waals surface area (Å²) in [7, 11) is 0. The van der Waals surface area contributed by atoms with Crippen LogP contribution in [-0.2, 0) is 11.2 Å². The van der Waals surface area contributed by atoms with Crippen molar-refractivity contribution in [2.75, 3.05) is 11.4 Å². The molecule has 25 heavy (non-hydrogen) atoms. The maximum absolute atomic E-state index is 13.1. The van der Waals surface area contributed by atoms with Crippen molar-refractivity contribution in [3.8, 4) is 0 Å². The van der Waals surface area contributed by atoms with Gasteiger partial charge in [0.05, 0.1) is 0 Å². The molecule has 0 spiro atoms. The fourth-order valence-corrected chi connectivity index (χ4v) is 3.19. The minimum absolute atomic E-state index is 0.0407. The van der Waals surface area contributed by atoms with Crippen LogP contribution in [0.5, 0.6) is 0 Å². The van der Waals surface area contributed by atoms with E-state index >= 15 is 0 Å². The molecule has 130 valence electrons. The van der Waals surface area contributed by atoms with Gasteiger partial charge in [0.2, 0.25) is 5.91 Å². The number of aromatic nitrogens is 1. The lowest BCUT2D eigenvalue weighted by Crippen LogP contribution is -2.49. The Morgan fingerprint density at radius 2 is 1.88 bits per heavy atom. The quantitative estimate of drug-likeness (QED) is 0.912. The number of carbonyl (C=O) groups is 2. The summed E-state index contributed by atoms with van der Waals surface area (Å²) in [5, 5.41) is 2.91. The molecule has 0 aliphatic carbocycles. The lowest BCUT2D eigenvalue weighted by molar-refractivity contribution is -0.120. The Balaban J connectivity index is 1.79. The lowest BCUT2D eigenvalue weighted by atomic mass is 10.0. The number of anilines is 1. The third-order valence-electron chi connectivity index (χ3n) is 4.41. The molecule has 0 saturated heterocycles. The van der Waals surface area contributed by atoms with E-state index < -0.39 is 6.04 Å². The second-order valence-corrected chi connectivity index (χ2v) is 6.76. The van der Waals surface area contributed by atoms with Gasteiger partial charge < -0.3 is 10.2 Å². The maximum atomic E-state index is 13.1. The second-order valence-electron chi connectivity index (χ2n) is 6.76. The zero-order valence-corrected chi connectivity index (χ0v) is 14.6. The van der Waals surface area contributed by atoms with Crippen LogP contribution in [0.15, 0.2) is 48.8 Å². The van der Waals surface area contributed by atoms with Crippen LogP contribution < -0.4 is 10.2 Å². The number of fused-ring (bicyclic) bond motifs is 1. The number of carbonyl (C=O) groups excluding carboxylic acids is 2. The SMILES string of the molecule is CC(C)C[C@@H](NC(=O)c1ccncc1)C(=O)N1CCc2ccccc21. The number of hydrogen-bond acceptors (Lipinski definition) is 3. The van der Waals surface area contributed by atoms with Crippen LogP contribution in [0.25, 0.3) is 0 Å². The Bertz CT molecular complexity index is 759. The van der Waals surface area contributed by atoms with Gasteiger partial charge in [-0.2, -0.15) is 0 Å². The monoisotopic (exact) mass is 337 g/mol. The van der Waals surface area contributed by atoms with E-state index in [0.29, 0.717) is 24.4 Å². The summed E-state index contributed by atoms with van der Waals surface area (Å²) in [6.45, 7) is 4.77. The van der Waals surface area contributed by atoms with Crippen LogP contribution in [0.1, 0.15) is 36.2 Å². The fourth-order valence-electron chi connectivity index (χ4n) is 3.19. The molecule has 2 aromatic rings. The molecule has 1 aromatic carbocycles. The smallest absolute Gasteiger partial charge is 0.252 e. The highest BCUT2D eigenvalue weighted by atomic mass is 16.2. The summed E-state index contributed by atoms with van der Waals surface area (Å²) in [5.41, 5.74) is 2.65. The third kappa shape index (κ3) is 3.87. The number of hydrogen-bond donors (Lipinski definition) is 1. The molecule has 5 nitrogen and oxygen atoms in total. The Labute approximate surface area is 148 Å². The molecule has 1 aliphatic heterocycles. The zero-order chi connectivity index (χ0) is 17.8. The van der Waals surface area contributed by atoms with E-state index in [2.05, 4.69) is 30.2 Å². The molecular formula is C20H23N3O2. The van der Waals surface area contributed by atoms with Crippen molar-refractivity contribution in [3.63, 3.8) is 0 Å². The first-order chi connectivity index (χ1) is 12.1. The number of amides is 2. The van der Waals surface area contributed by atoms with Crippen molar-refractivity contribution < 1.29 is 9.59 Å². The molecular weight excluding hydrogens is 314 g/mol. The lowest BCUT2D eigenvalue weighted by Gasteiger charge is -2.26. The number of pyridine rings is 1. The molecule has 2 heterocycles. The highest BCUT2D eigenvalue weighted by molar-refractivity contribution is 6.03. The second kappa shape index (κ2) is 7.47. The van der Waals surface area contributed by atoms with E-state index in [-0.39, 0.29) is 11.8 Å². The molecule has 0 bridgehead atoms. The highest BCUT2D eigenvalue weighted by Gasteiger charge is 2.31. The van der Waals surface area contributed by atoms with Gasteiger partial charge in [-0.1, -0.05) is 32.0 Å². The number of benzene rings is 1. The Kier molecular flexibility index (Phi) is 5.12. The van der Waals surface area contributed by atoms with Gasteiger partial charge >= 0.3 is 0 Å². The summed E-state index contributed by atoms with van der Waals surface area (Å²) in [5.74, 6) is 0.0134. The van der Waals surface area contributed by atoms with E-state index in [9.17, 15) is 9.59 Å². The molecule has 2 amide bonds. The van der Waals surface area contributed by atoms with Crippen molar-refractivity contribution >= 4 is 17.5 Å². The minimum Gasteiger partial charge on any atom is -0.340 e. The molecule has 0 saturated carbocycles. The molecule has 5 heteroatoms. The van der Waals surface area contributed by atoms with Gasteiger partial charge in [0.25, 0.3) is 5.91 Å². The van der Waals surface area contributed by atoms with Crippen molar-refractivity contribution in [1.82, 2.24) is 10.3 Å². The van der Waals surface area contributed by atoms with Crippen molar-refractivity contribution in [3.05, 3.63) is 59.9 Å². The van der Waals surface area contributed by atoms with E-state index in [1.54, 1.807) is 29.4 Å². The molecule has 0 unspecified atom stereocenters. The van der Waals surface area contributed by atoms with Crippen LogP contribution in [0.3, 0.4) is 0 Å². The van der Waals surface area contributed by atoms with Crippen LogP contribution in [0.2, 0.25) is 0 Å². The average Bonchev–Trinajstić information content (AvgIpc) is 3.05. The third-order valence-corrected chi connectivity index (χ3v) is 4.41. The molecule has 1 N–H and O–H groups in total. The van der Waals surface area contributed by atoms with Gasteiger partial charge in [-0.05, 0) is 42.5 Å². The zero-order valence-electron chi connectivity index (χ0n) is 14.6. The number of rotatable bonds is 5. The van der Waals surface area contributed by atoms with E-state index in [1.807, 2.05) is 18.2 Å². The first-order valence-electron chi connectivity index (χ1n) is 8.66. The van der Waals surface area contributed by atoms with Crippen LogP contribution in [-0.4, -0.2) is 29.4 Å². The summed E-state index contributed by atoms with van der Waals surface area (Å²) >= 11 is 0. The maximum Gasteiger partial charge on any atom is 0.252 e. The van der Waals surface area contributed by atoms with Crippen LogP contribution in [0, 0.1) is 5.92 Å². The number of para-hydroxylation sites is 1. The van der Waals surface area contributed by atoms with Gasteiger partial charge in [0.1, 0.15) is 6.04 Å². The van der Waals surface area contributed by atoms with Gasteiger partial charge in [-0.15, -0.1) is 0 Å². The first-order valence-corrected chi connectivity index (χ1v) is 8.66. The standard InChI is InChI=1S/C20H23N3O2/c1-14(2)13-17(22-19(24)16-7-10-21-11-8-16)20(25)23-12-9-15-5-3-4-6-18(15)23/h3-8,10-11,14,17H,9,12-13H2,1-2H3,(H,22,24)/t17-/m1/s1. The summed E-state index contributed by atoms with van der Waals surface area (Å²) in [6.07, 6.45) is 4.61. The van der Waals surface area contributed by atoms with Gasteiger partial charge in [-0.25, -0.2) is 0 Å². The summed E-state index contributed by atoms with van der Waals surface area (Å²) in [6, 6.07) is 10.7. The molecule has 1 atom stereocenters. The first kappa shape index (κ1) is 17.1. The van der Waals surface area contributed by atoms with Crippen LogP contribution >= 0.6 is 0 Å². The van der Waals surface area contributed by atoms with Gasteiger partial charge in [0, 0.05) is 30.2 Å². The molecule has 1 aliphatic rings. The predicted molar refractivity (Wildman–Crippen MR) is 97.4 cm³/mol. The number of nitrogens with zero attached hydrogens (tertiary/aromatic N) is 2. The Morgan fingerprint density at radius 1 is 1.16 bits per heavy atom. The van der Waals surface area contributed by atoms with E-state index in [4.69, 9.17) is 0 Å². The van der Waals surface area contributed by atoms with E-state index in [0.717, 1.165) is 12.1 Å². The largest absolute Gasteiger partial charge is 0.340 e. The fraction of sp³-hybridized carbons (Fsp3) is 0.350. The predicted octanol–water partition coefficient (Wildman–Crippen LogP) is 2.82. The summed E-state index contributed by atoms with van der Waals surface area (Å²) in [4.78, 5) is 31.3. The molecule has 0 radical (unpaired) electrons. The Hall–Kier alpha value is -2.69. The van der Waals surface area contributed by atoms with Crippen molar-refractivity contribution in [2.45, 2.75) is 32.7 Å². The summed E-state index contributed by atoms with van der Waals surface area (Å²) < 4.78 is 0. The van der Waals surface area contributed by atoms with Gasteiger partial charge in [-0.3, -0.25) is 14.6 Å². The molecule has 0 fully saturated rings. The van der Waals surface area contributed by atoms with Crippen molar-refractivity contribution in [1.29, 1.82) is 0 Å². The highest BCUT2D eigenvalue weighted by Crippen LogP contribution is 2.28. The molecule has 1 aromatic heterocycles. The average molecular weight is 337 g/mol. The number of nitrogens with one attached hydrogen (secondary N) is 1. The Morgan fingerprint density at radius 3 is 2.60 bits per heavy atom. The van der Waals surface area contributed by atoms with Crippen molar-refractivity contribution in [2.24, 2.45) is 5.92 Å².